The van der Waals surface area contributed by atoms with Crippen LogP contribution in [0.15, 0.2) is 18.2 Å². The molecule has 0 saturated heterocycles. The highest BCUT2D eigenvalue weighted by atomic mass is 14.9. The summed E-state index contributed by atoms with van der Waals surface area (Å²) in [5.41, 5.74) is 8.94. The molecule has 0 bridgehead atoms. The second-order valence-corrected chi connectivity index (χ2v) is 4.13. The predicted octanol–water partition coefficient (Wildman–Crippen LogP) is 2.14. The molecule has 0 unspecified atom stereocenters. The lowest BCUT2D eigenvalue weighted by Crippen LogP contribution is -2.04. The average molecular weight is 215 g/mol. The molecule has 0 saturated carbocycles. The number of nitrogens with zero attached hydrogens (tertiary/aromatic N) is 2. The van der Waals surface area contributed by atoms with E-state index in [2.05, 4.69) is 35.1 Å². The lowest BCUT2D eigenvalue weighted by atomic mass is 10.1. The van der Waals surface area contributed by atoms with E-state index in [1.54, 1.807) is 0 Å². The molecule has 0 fully saturated rings. The van der Waals surface area contributed by atoms with Crippen LogP contribution in [0.1, 0.15) is 23.5 Å². The Morgan fingerprint density at radius 3 is 2.75 bits per heavy atom. The van der Waals surface area contributed by atoms with Crippen molar-refractivity contribution in [2.24, 2.45) is 5.73 Å². The van der Waals surface area contributed by atoms with Crippen molar-refractivity contribution in [1.29, 1.82) is 0 Å². The molecule has 3 nitrogen and oxygen atoms in total. The van der Waals surface area contributed by atoms with Crippen LogP contribution in [0.4, 0.5) is 0 Å². The molecule has 2 N–H and O–H groups in total. The third-order valence-electron chi connectivity index (χ3n) is 2.66. The van der Waals surface area contributed by atoms with Gasteiger partial charge in [0.15, 0.2) is 0 Å². The molecule has 1 aromatic heterocycles. The van der Waals surface area contributed by atoms with Gasteiger partial charge < -0.3 is 5.73 Å². The molecular formula is C13H17N3. The Hall–Kier alpha value is -1.48. The Morgan fingerprint density at radius 1 is 1.19 bits per heavy atom. The maximum atomic E-state index is 5.54. The van der Waals surface area contributed by atoms with Crippen molar-refractivity contribution < 1.29 is 0 Å². The van der Waals surface area contributed by atoms with Crippen LogP contribution in [0.25, 0.3) is 10.9 Å². The standard InChI is InChI=1S/C13H17N3/c1-9-5-6-13-11(8-9)12(4-3-7-14)15-10(2)16-13/h5-6,8H,3-4,7,14H2,1-2H3. The minimum absolute atomic E-state index is 0.705. The van der Waals surface area contributed by atoms with Crippen molar-refractivity contribution >= 4 is 10.9 Å². The van der Waals surface area contributed by atoms with Crippen LogP contribution in [-0.4, -0.2) is 16.5 Å². The first-order chi connectivity index (χ1) is 7.70. The lowest BCUT2D eigenvalue weighted by Gasteiger charge is -2.07. The fraction of sp³-hybridized carbons (Fsp3) is 0.385. The van der Waals surface area contributed by atoms with Gasteiger partial charge in [-0.05, 0) is 45.4 Å². The number of aromatic nitrogens is 2. The number of rotatable bonds is 3. The van der Waals surface area contributed by atoms with E-state index in [-0.39, 0.29) is 0 Å². The molecule has 0 radical (unpaired) electrons. The molecule has 0 aliphatic heterocycles. The van der Waals surface area contributed by atoms with Crippen molar-refractivity contribution in [3.8, 4) is 0 Å². The van der Waals surface area contributed by atoms with Gasteiger partial charge in [0.2, 0.25) is 0 Å². The van der Waals surface area contributed by atoms with Crippen molar-refractivity contribution in [3.05, 3.63) is 35.3 Å². The molecule has 2 rings (SSSR count). The van der Waals surface area contributed by atoms with Gasteiger partial charge >= 0.3 is 0 Å². The first kappa shape index (κ1) is 11.0. The molecule has 16 heavy (non-hydrogen) atoms. The molecule has 1 aromatic carbocycles. The van der Waals surface area contributed by atoms with Crippen LogP contribution >= 0.6 is 0 Å². The Morgan fingerprint density at radius 2 is 2.00 bits per heavy atom. The number of benzene rings is 1. The number of fused-ring (bicyclic) bond motifs is 1. The number of hydrogen-bond acceptors (Lipinski definition) is 3. The van der Waals surface area contributed by atoms with Crippen LogP contribution in [0.5, 0.6) is 0 Å². The van der Waals surface area contributed by atoms with E-state index in [0.717, 1.165) is 29.9 Å². The van der Waals surface area contributed by atoms with E-state index < -0.39 is 0 Å². The van der Waals surface area contributed by atoms with E-state index >= 15 is 0 Å². The summed E-state index contributed by atoms with van der Waals surface area (Å²) in [5.74, 6) is 0.836. The quantitative estimate of drug-likeness (QED) is 0.853. The van der Waals surface area contributed by atoms with Gasteiger partial charge in [0.1, 0.15) is 5.82 Å². The van der Waals surface area contributed by atoms with Crippen LogP contribution < -0.4 is 5.73 Å². The van der Waals surface area contributed by atoms with E-state index in [4.69, 9.17) is 5.73 Å². The molecule has 0 atom stereocenters. The minimum atomic E-state index is 0.705. The molecule has 1 heterocycles. The summed E-state index contributed by atoms with van der Waals surface area (Å²) < 4.78 is 0. The topological polar surface area (TPSA) is 51.8 Å². The van der Waals surface area contributed by atoms with Gasteiger partial charge in [-0.1, -0.05) is 11.6 Å². The molecule has 0 aliphatic rings. The van der Waals surface area contributed by atoms with Crippen molar-refractivity contribution in [2.45, 2.75) is 26.7 Å². The Kier molecular flexibility index (Phi) is 3.15. The smallest absolute Gasteiger partial charge is 0.126 e. The van der Waals surface area contributed by atoms with Crippen LogP contribution in [0.2, 0.25) is 0 Å². The van der Waals surface area contributed by atoms with Crippen molar-refractivity contribution in [1.82, 2.24) is 9.97 Å². The first-order valence-electron chi connectivity index (χ1n) is 5.64. The molecule has 0 aliphatic carbocycles. The summed E-state index contributed by atoms with van der Waals surface area (Å²) in [5, 5.41) is 1.17. The van der Waals surface area contributed by atoms with Gasteiger partial charge in [-0.15, -0.1) is 0 Å². The SMILES string of the molecule is Cc1ccc2nc(C)nc(CCCN)c2c1. The number of nitrogens with two attached hydrogens (primary N) is 1. The highest BCUT2D eigenvalue weighted by Gasteiger charge is 2.05. The van der Waals surface area contributed by atoms with Crippen molar-refractivity contribution in [2.75, 3.05) is 6.54 Å². The second-order valence-electron chi connectivity index (χ2n) is 4.13. The summed E-state index contributed by atoms with van der Waals surface area (Å²) in [6.07, 6.45) is 1.90. The van der Waals surface area contributed by atoms with Crippen LogP contribution in [-0.2, 0) is 6.42 Å². The van der Waals surface area contributed by atoms with E-state index in [1.807, 2.05) is 6.92 Å². The normalized spacial score (nSPS) is 10.9. The Bertz CT molecular complexity index is 506. The Labute approximate surface area is 95.7 Å². The van der Waals surface area contributed by atoms with Gasteiger partial charge in [0, 0.05) is 5.39 Å². The van der Waals surface area contributed by atoms with Gasteiger partial charge in [0.05, 0.1) is 11.2 Å². The number of hydrogen-bond donors (Lipinski definition) is 1. The molecule has 0 amide bonds. The maximum absolute atomic E-state index is 5.54. The zero-order valence-electron chi connectivity index (χ0n) is 9.83. The van der Waals surface area contributed by atoms with Gasteiger partial charge in [0.25, 0.3) is 0 Å². The molecule has 2 aromatic rings. The van der Waals surface area contributed by atoms with Crippen molar-refractivity contribution in [3.63, 3.8) is 0 Å². The minimum Gasteiger partial charge on any atom is -0.330 e. The first-order valence-corrected chi connectivity index (χ1v) is 5.64. The fourth-order valence-electron chi connectivity index (χ4n) is 1.89. The number of aryl methyl sites for hydroxylation is 3. The summed E-state index contributed by atoms with van der Waals surface area (Å²) in [6, 6.07) is 6.30. The summed E-state index contributed by atoms with van der Waals surface area (Å²) in [4.78, 5) is 8.96. The second kappa shape index (κ2) is 4.58. The third kappa shape index (κ3) is 2.19. The van der Waals surface area contributed by atoms with E-state index in [1.165, 1.54) is 10.9 Å². The van der Waals surface area contributed by atoms with E-state index in [9.17, 15) is 0 Å². The zero-order chi connectivity index (χ0) is 11.5. The third-order valence-corrected chi connectivity index (χ3v) is 2.66. The lowest BCUT2D eigenvalue weighted by molar-refractivity contribution is 0.808. The fourth-order valence-corrected chi connectivity index (χ4v) is 1.89. The zero-order valence-corrected chi connectivity index (χ0v) is 9.83. The molecule has 3 heteroatoms. The maximum Gasteiger partial charge on any atom is 0.126 e. The predicted molar refractivity (Wildman–Crippen MR) is 66.4 cm³/mol. The highest BCUT2D eigenvalue weighted by Crippen LogP contribution is 2.18. The summed E-state index contributed by atoms with van der Waals surface area (Å²) >= 11 is 0. The van der Waals surface area contributed by atoms with Crippen LogP contribution in [0.3, 0.4) is 0 Å². The van der Waals surface area contributed by atoms with Gasteiger partial charge in [-0.25, -0.2) is 9.97 Å². The van der Waals surface area contributed by atoms with E-state index in [0.29, 0.717) is 6.54 Å². The molecule has 84 valence electrons. The summed E-state index contributed by atoms with van der Waals surface area (Å²) in [6.45, 7) is 4.73. The highest BCUT2D eigenvalue weighted by molar-refractivity contribution is 5.81. The average Bonchev–Trinajstić information content (AvgIpc) is 2.26. The van der Waals surface area contributed by atoms with Gasteiger partial charge in [-0.3, -0.25) is 0 Å². The molecular weight excluding hydrogens is 198 g/mol. The van der Waals surface area contributed by atoms with Crippen LogP contribution in [0, 0.1) is 13.8 Å². The Balaban J connectivity index is 2.55. The largest absolute Gasteiger partial charge is 0.330 e. The molecule has 0 spiro atoms. The van der Waals surface area contributed by atoms with Gasteiger partial charge in [-0.2, -0.15) is 0 Å². The summed E-state index contributed by atoms with van der Waals surface area (Å²) in [7, 11) is 0. The monoisotopic (exact) mass is 215 g/mol.